The van der Waals surface area contributed by atoms with E-state index in [1.807, 2.05) is 0 Å². The predicted octanol–water partition coefficient (Wildman–Crippen LogP) is 1.32. The van der Waals surface area contributed by atoms with Crippen LogP contribution in [0.15, 0.2) is 0 Å². The zero-order valence-corrected chi connectivity index (χ0v) is 8.77. The molecule has 0 aliphatic heterocycles. The summed E-state index contributed by atoms with van der Waals surface area (Å²) in [5.74, 6) is 0.0751. The maximum Gasteiger partial charge on any atom is 0.162 e. The molecule has 1 fully saturated rings. The lowest BCUT2D eigenvalue weighted by molar-refractivity contribution is -0.110. The Morgan fingerprint density at radius 3 is 2.15 bits per heavy atom. The van der Waals surface area contributed by atoms with Gasteiger partial charge in [0.2, 0.25) is 0 Å². The minimum absolute atomic E-state index is 0.0751. The van der Waals surface area contributed by atoms with E-state index < -0.39 is 14.6 Å². The summed E-state index contributed by atoms with van der Waals surface area (Å²) in [6.45, 7) is 1.61. The van der Waals surface area contributed by atoms with Crippen LogP contribution in [0, 0.1) is 0 Å². The molecule has 1 saturated carbocycles. The predicted molar refractivity (Wildman–Crippen MR) is 51.3 cm³/mol. The highest BCUT2D eigenvalue weighted by atomic mass is 32.2. The van der Waals surface area contributed by atoms with Gasteiger partial charge in [-0.15, -0.1) is 0 Å². The average Bonchev–Trinajstić information content (AvgIpc) is 2.18. The lowest BCUT2D eigenvalue weighted by atomic mass is 9.89. The van der Waals surface area contributed by atoms with Crippen LogP contribution in [0.25, 0.3) is 0 Å². The molecule has 1 rings (SSSR count). The van der Waals surface area contributed by atoms with Crippen molar-refractivity contribution >= 4 is 16.1 Å². The van der Waals surface area contributed by atoms with Crippen molar-refractivity contribution in [2.24, 2.45) is 0 Å². The second kappa shape index (κ2) is 3.78. The summed E-state index contributed by atoms with van der Waals surface area (Å²) in [4.78, 5) is 10.9. The molecule has 0 N–H and O–H groups in total. The van der Waals surface area contributed by atoms with Gasteiger partial charge in [0.25, 0.3) is 0 Å². The van der Waals surface area contributed by atoms with Gasteiger partial charge in [0.1, 0.15) is 11.0 Å². The quantitative estimate of drug-likeness (QED) is 0.651. The zero-order chi connectivity index (χ0) is 9.95. The summed E-state index contributed by atoms with van der Waals surface area (Å²) < 4.78 is 22.3. The van der Waals surface area contributed by atoms with E-state index in [2.05, 4.69) is 0 Å². The summed E-state index contributed by atoms with van der Waals surface area (Å²) in [7, 11) is -3.20. The second-order valence-electron chi connectivity index (χ2n) is 3.65. The van der Waals surface area contributed by atoms with E-state index >= 15 is 0 Å². The van der Waals surface area contributed by atoms with Crippen molar-refractivity contribution in [3.05, 3.63) is 0 Å². The van der Waals surface area contributed by atoms with E-state index in [4.69, 9.17) is 0 Å². The van der Waals surface area contributed by atoms with E-state index in [1.165, 1.54) is 0 Å². The molecule has 0 unspecified atom stereocenters. The molecule has 0 aromatic rings. The first kappa shape index (κ1) is 10.7. The van der Waals surface area contributed by atoms with Crippen molar-refractivity contribution in [1.82, 2.24) is 0 Å². The molecule has 0 saturated heterocycles. The van der Waals surface area contributed by atoms with Gasteiger partial charge >= 0.3 is 0 Å². The maximum atomic E-state index is 11.7. The van der Waals surface area contributed by atoms with Crippen molar-refractivity contribution < 1.29 is 13.2 Å². The van der Waals surface area contributed by atoms with E-state index in [0.717, 1.165) is 19.3 Å². The molecule has 0 aromatic carbocycles. The molecular formula is C9H16O3S. The van der Waals surface area contributed by atoms with Crippen molar-refractivity contribution in [2.45, 2.75) is 43.8 Å². The Morgan fingerprint density at radius 2 is 1.77 bits per heavy atom. The smallest absolute Gasteiger partial charge is 0.162 e. The Morgan fingerprint density at radius 1 is 1.23 bits per heavy atom. The van der Waals surface area contributed by atoms with Crippen LogP contribution in [0.3, 0.4) is 0 Å². The molecule has 0 radical (unpaired) electrons. The molecule has 0 aromatic heterocycles. The van der Waals surface area contributed by atoms with Gasteiger partial charge in [-0.05, 0) is 12.8 Å². The SMILES string of the molecule is CCS(=O)(=O)C1(C=O)CCCCC1. The van der Waals surface area contributed by atoms with E-state index in [0.29, 0.717) is 19.1 Å². The number of hydrogen-bond donors (Lipinski definition) is 0. The number of aldehydes is 1. The third-order valence-corrected chi connectivity index (χ3v) is 5.42. The summed E-state index contributed by atoms with van der Waals surface area (Å²) in [6, 6.07) is 0. The molecule has 13 heavy (non-hydrogen) atoms. The highest BCUT2D eigenvalue weighted by molar-refractivity contribution is 7.93. The van der Waals surface area contributed by atoms with Crippen LogP contribution >= 0.6 is 0 Å². The monoisotopic (exact) mass is 204 g/mol. The lowest BCUT2D eigenvalue weighted by Gasteiger charge is -2.30. The van der Waals surface area contributed by atoms with Crippen LogP contribution in [0.5, 0.6) is 0 Å². The summed E-state index contributed by atoms with van der Waals surface area (Å²) in [5, 5.41) is 0. The topological polar surface area (TPSA) is 51.2 Å². The van der Waals surface area contributed by atoms with E-state index in [-0.39, 0.29) is 5.75 Å². The number of carbonyl (C=O) groups is 1. The standard InChI is InChI=1S/C9H16O3S/c1-2-13(11,12)9(8-10)6-4-3-5-7-9/h8H,2-7H2,1H3. The molecule has 0 bridgehead atoms. The maximum absolute atomic E-state index is 11.7. The van der Waals surface area contributed by atoms with Crippen LogP contribution in [-0.2, 0) is 14.6 Å². The molecule has 4 heteroatoms. The zero-order valence-electron chi connectivity index (χ0n) is 7.95. The highest BCUT2D eigenvalue weighted by Gasteiger charge is 2.43. The van der Waals surface area contributed by atoms with Crippen LogP contribution in [0.4, 0.5) is 0 Å². The number of rotatable bonds is 3. The normalized spacial score (nSPS) is 22.5. The number of hydrogen-bond acceptors (Lipinski definition) is 3. The van der Waals surface area contributed by atoms with Gasteiger partial charge in [0, 0.05) is 5.75 Å². The van der Waals surface area contributed by atoms with Gasteiger partial charge in [-0.25, -0.2) is 8.42 Å². The molecular weight excluding hydrogens is 188 g/mol. The Hall–Kier alpha value is -0.380. The lowest BCUT2D eigenvalue weighted by Crippen LogP contribution is -2.43. The minimum Gasteiger partial charge on any atom is -0.302 e. The fourth-order valence-electron chi connectivity index (χ4n) is 1.94. The average molecular weight is 204 g/mol. The van der Waals surface area contributed by atoms with Crippen LogP contribution in [0.1, 0.15) is 39.0 Å². The summed E-state index contributed by atoms with van der Waals surface area (Å²) in [5.41, 5.74) is 0. The van der Waals surface area contributed by atoms with Crippen molar-refractivity contribution in [3.8, 4) is 0 Å². The fraction of sp³-hybridized carbons (Fsp3) is 0.889. The van der Waals surface area contributed by atoms with Crippen molar-refractivity contribution in [3.63, 3.8) is 0 Å². The first-order valence-electron chi connectivity index (χ1n) is 4.76. The molecule has 1 aliphatic rings. The Labute approximate surface area is 79.4 Å². The minimum atomic E-state index is -3.20. The molecule has 0 atom stereocenters. The van der Waals surface area contributed by atoms with Crippen LogP contribution in [0.2, 0.25) is 0 Å². The second-order valence-corrected chi connectivity index (χ2v) is 6.27. The van der Waals surface area contributed by atoms with Gasteiger partial charge in [-0.1, -0.05) is 26.2 Å². The van der Waals surface area contributed by atoms with Crippen LogP contribution < -0.4 is 0 Å². The first-order chi connectivity index (χ1) is 6.08. The summed E-state index contributed by atoms with van der Waals surface area (Å²) >= 11 is 0. The Bertz CT molecular complexity index is 273. The highest BCUT2D eigenvalue weighted by Crippen LogP contribution is 2.33. The van der Waals surface area contributed by atoms with Gasteiger partial charge in [-0.2, -0.15) is 0 Å². The molecule has 0 amide bonds. The first-order valence-corrected chi connectivity index (χ1v) is 6.42. The van der Waals surface area contributed by atoms with Crippen molar-refractivity contribution in [2.75, 3.05) is 5.75 Å². The Balaban J connectivity index is 2.98. The summed E-state index contributed by atoms with van der Waals surface area (Å²) in [6.07, 6.45) is 4.47. The van der Waals surface area contributed by atoms with E-state index in [1.54, 1.807) is 6.92 Å². The molecule has 1 aliphatic carbocycles. The third kappa shape index (κ3) is 1.77. The molecule has 0 heterocycles. The van der Waals surface area contributed by atoms with Gasteiger partial charge in [-0.3, -0.25) is 0 Å². The molecule has 0 spiro atoms. The van der Waals surface area contributed by atoms with E-state index in [9.17, 15) is 13.2 Å². The van der Waals surface area contributed by atoms with Crippen LogP contribution in [-0.4, -0.2) is 25.2 Å². The molecule has 76 valence electrons. The largest absolute Gasteiger partial charge is 0.302 e. The Kier molecular flexibility index (Phi) is 3.11. The van der Waals surface area contributed by atoms with Gasteiger partial charge in [0.15, 0.2) is 9.84 Å². The van der Waals surface area contributed by atoms with Gasteiger partial charge < -0.3 is 4.79 Å². The number of sulfone groups is 1. The van der Waals surface area contributed by atoms with Gasteiger partial charge in [0.05, 0.1) is 0 Å². The molecule has 3 nitrogen and oxygen atoms in total. The third-order valence-electron chi connectivity index (χ3n) is 2.91. The van der Waals surface area contributed by atoms with Crippen molar-refractivity contribution in [1.29, 1.82) is 0 Å². The fourth-order valence-corrected chi connectivity index (χ4v) is 3.57. The number of carbonyl (C=O) groups excluding carboxylic acids is 1.